The molecule has 0 N–H and O–H groups in total. The molecule has 0 radical (unpaired) electrons. The summed E-state index contributed by atoms with van der Waals surface area (Å²) in [7, 11) is 0. The highest BCUT2D eigenvalue weighted by Gasteiger charge is 2.64. The SMILES string of the molecule is O=C[C@]1(N2C(=O)c3ccccc3C2=O)CC(C(=O)OCCCCI)[C@@H]1/C=C/c1ccccc1. The zero-order valence-corrected chi connectivity index (χ0v) is 20.1. The molecule has 1 unspecified atom stereocenters. The molecule has 2 aromatic rings. The number of ether oxygens (including phenoxy) is 1. The second-order valence-corrected chi connectivity index (χ2v) is 9.35. The minimum Gasteiger partial charge on any atom is -0.465 e. The number of carbonyl (C=O) groups excluding carboxylic acids is 4. The van der Waals surface area contributed by atoms with E-state index < -0.39 is 35.2 Å². The molecule has 6 nitrogen and oxygen atoms in total. The van der Waals surface area contributed by atoms with Crippen LogP contribution in [0.4, 0.5) is 0 Å². The molecule has 1 aliphatic heterocycles. The summed E-state index contributed by atoms with van der Waals surface area (Å²) in [5.41, 5.74) is 0.0177. The van der Waals surface area contributed by atoms with E-state index in [0.29, 0.717) is 12.9 Å². The van der Waals surface area contributed by atoms with Gasteiger partial charge < -0.3 is 9.53 Å². The van der Waals surface area contributed by atoms with Crippen LogP contribution in [0.15, 0.2) is 60.7 Å². The first-order valence-electron chi connectivity index (χ1n) is 10.9. The van der Waals surface area contributed by atoms with Crippen molar-refractivity contribution in [3.05, 3.63) is 77.4 Å². The van der Waals surface area contributed by atoms with Gasteiger partial charge in [0, 0.05) is 5.92 Å². The van der Waals surface area contributed by atoms with Crippen molar-refractivity contribution < 1.29 is 23.9 Å². The molecule has 33 heavy (non-hydrogen) atoms. The van der Waals surface area contributed by atoms with Crippen LogP contribution in [-0.4, -0.2) is 45.5 Å². The summed E-state index contributed by atoms with van der Waals surface area (Å²) in [4.78, 5) is 52.7. The molecule has 1 fully saturated rings. The number of fused-ring (bicyclic) bond motifs is 1. The summed E-state index contributed by atoms with van der Waals surface area (Å²) in [6.45, 7) is 0.314. The number of hydrogen-bond donors (Lipinski definition) is 0. The fourth-order valence-electron chi connectivity index (χ4n) is 4.58. The number of benzene rings is 2. The molecular weight excluding hydrogens is 533 g/mol. The molecule has 4 rings (SSSR count). The van der Waals surface area contributed by atoms with Crippen LogP contribution in [0, 0.1) is 11.8 Å². The molecule has 1 aliphatic carbocycles. The molecule has 3 atom stereocenters. The third-order valence-electron chi connectivity index (χ3n) is 6.34. The van der Waals surface area contributed by atoms with Crippen molar-refractivity contribution in [2.75, 3.05) is 11.0 Å². The maximum atomic E-state index is 13.2. The fraction of sp³-hybridized carbons (Fsp3) is 0.308. The van der Waals surface area contributed by atoms with Crippen LogP contribution in [-0.2, 0) is 14.3 Å². The Labute approximate surface area is 206 Å². The Bertz CT molecular complexity index is 1060. The van der Waals surface area contributed by atoms with E-state index in [0.717, 1.165) is 27.7 Å². The first kappa shape index (κ1) is 23.4. The van der Waals surface area contributed by atoms with E-state index in [1.807, 2.05) is 36.4 Å². The number of halogens is 1. The molecule has 1 heterocycles. The zero-order chi connectivity index (χ0) is 23.4. The van der Waals surface area contributed by atoms with Gasteiger partial charge in [-0.25, -0.2) is 0 Å². The van der Waals surface area contributed by atoms with E-state index in [-0.39, 0.29) is 17.5 Å². The molecule has 170 valence electrons. The van der Waals surface area contributed by atoms with Gasteiger partial charge in [0.05, 0.1) is 23.7 Å². The van der Waals surface area contributed by atoms with Crippen LogP contribution in [0.2, 0.25) is 0 Å². The van der Waals surface area contributed by atoms with E-state index >= 15 is 0 Å². The third-order valence-corrected chi connectivity index (χ3v) is 7.11. The predicted octanol–water partition coefficient (Wildman–Crippen LogP) is 4.33. The van der Waals surface area contributed by atoms with Gasteiger partial charge in [0.15, 0.2) is 0 Å². The van der Waals surface area contributed by atoms with Crippen molar-refractivity contribution in [3.63, 3.8) is 0 Å². The van der Waals surface area contributed by atoms with Gasteiger partial charge in [-0.1, -0.05) is 77.2 Å². The van der Waals surface area contributed by atoms with E-state index in [1.165, 1.54) is 0 Å². The van der Waals surface area contributed by atoms with E-state index in [1.54, 1.807) is 30.3 Å². The lowest BCUT2D eigenvalue weighted by molar-refractivity contribution is -0.163. The van der Waals surface area contributed by atoms with Gasteiger partial charge in [-0.05, 0) is 41.4 Å². The number of amides is 2. The molecule has 7 heteroatoms. The average molecular weight is 557 g/mol. The molecule has 0 saturated heterocycles. The quantitative estimate of drug-likeness (QED) is 0.115. The molecular formula is C26H24INO5. The second kappa shape index (κ2) is 9.99. The van der Waals surface area contributed by atoms with Gasteiger partial charge in [0.2, 0.25) is 0 Å². The number of rotatable bonds is 9. The number of alkyl halides is 1. The Morgan fingerprint density at radius 3 is 2.27 bits per heavy atom. The summed E-state index contributed by atoms with van der Waals surface area (Å²) < 4.78 is 6.45. The maximum absolute atomic E-state index is 13.2. The van der Waals surface area contributed by atoms with Crippen LogP contribution in [0.5, 0.6) is 0 Å². The Morgan fingerprint density at radius 1 is 1.03 bits per heavy atom. The van der Waals surface area contributed by atoms with Crippen molar-refractivity contribution >= 4 is 52.7 Å². The minimum atomic E-state index is -1.43. The van der Waals surface area contributed by atoms with Gasteiger partial charge in [-0.3, -0.25) is 19.3 Å². The Kier molecular flexibility index (Phi) is 7.07. The van der Waals surface area contributed by atoms with Crippen LogP contribution >= 0.6 is 22.6 Å². The van der Waals surface area contributed by atoms with Crippen molar-refractivity contribution in [2.45, 2.75) is 24.8 Å². The normalized spacial score (nSPS) is 24.0. The number of hydrogen-bond acceptors (Lipinski definition) is 5. The Morgan fingerprint density at radius 2 is 1.67 bits per heavy atom. The lowest BCUT2D eigenvalue weighted by atomic mass is 9.58. The van der Waals surface area contributed by atoms with E-state index in [9.17, 15) is 19.2 Å². The Balaban J connectivity index is 1.64. The van der Waals surface area contributed by atoms with E-state index in [2.05, 4.69) is 22.6 Å². The molecule has 0 bridgehead atoms. The van der Waals surface area contributed by atoms with Gasteiger partial charge in [0.1, 0.15) is 11.8 Å². The molecule has 0 spiro atoms. The van der Waals surface area contributed by atoms with Gasteiger partial charge in [-0.2, -0.15) is 0 Å². The Hall–Kier alpha value is -2.81. The monoisotopic (exact) mass is 557 g/mol. The fourth-order valence-corrected chi connectivity index (χ4v) is 5.12. The topological polar surface area (TPSA) is 80.8 Å². The van der Waals surface area contributed by atoms with Crippen molar-refractivity contribution in [3.8, 4) is 0 Å². The first-order chi connectivity index (χ1) is 16.0. The van der Waals surface area contributed by atoms with Gasteiger partial charge in [0.25, 0.3) is 11.8 Å². The largest absolute Gasteiger partial charge is 0.465 e. The number of carbonyl (C=O) groups is 4. The molecule has 0 aromatic heterocycles. The first-order valence-corrected chi connectivity index (χ1v) is 12.5. The van der Waals surface area contributed by atoms with E-state index in [4.69, 9.17) is 4.74 Å². The molecule has 2 aromatic carbocycles. The number of unbranched alkanes of at least 4 members (excludes halogenated alkanes) is 1. The van der Waals surface area contributed by atoms with Crippen LogP contribution < -0.4 is 0 Å². The molecule has 2 amide bonds. The smallest absolute Gasteiger partial charge is 0.309 e. The number of aldehydes is 1. The summed E-state index contributed by atoms with van der Waals surface area (Å²) >= 11 is 2.27. The standard InChI is InChI=1S/C26H24INO5/c27-14-6-7-15-33-25(32)21-16-26(17-29,22(21)13-12-18-8-2-1-3-9-18)28-23(30)19-10-4-5-11-20(19)24(28)31/h1-5,8-13,17,21-22H,6-7,14-16H2/b13-12+/t21?,22-,26+/m0/s1. The average Bonchev–Trinajstić information content (AvgIpc) is 3.08. The highest BCUT2D eigenvalue weighted by Crippen LogP contribution is 2.51. The summed E-state index contributed by atoms with van der Waals surface area (Å²) in [6.07, 6.45) is 5.99. The summed E-state index contributed by atoms with van der Waals surface area (Å²) in [6, 6.07) is 16.0. The highest BCUT2D eigenvalue weighted by atomic mass is 127. The van der Waals surface area contributed by atoms with Crippen LogP contribution in [0.1, 0.15) is 45.5 Å². The summed E-state index contributed by atoms with van der Waals surface area (Å²) in [5, 5.41) is 0. The third kappa shape index (κ3) is 4.26. The second-order valence-electron chi connectivity index (χ2n) is 8.27. The zero-order valence-electron chi connectivity index (χ0n) is 18.0. The van der Waals surface area contributed by atoms with Crippen LogP contribution in [0.3, 0.4) is 0 Å². The number of esters is 1. The predicted molar refractivity (Wildman–Crippen MR) is 132 cm³/mol. The van der Waals surface area contributed by atoms with Crippen molar-refractivity contribution in [1.82, 2.24) is 4.90 Å². The minimum absolute atomic E-state index is 0.0525. The number of nitrogens with zero attached hydrogens (tertiary/aromatic N) is 1. The number of imide groups is 1. The summed E-state index contributed by atoms with van der Waals surface area (Å²) in [5.74, 6) is -2.70. The van der Waals surface area contributed by atoms with Gasteiger partial charge >= 0.3 is 5.97 Å². The van der Waals surface area contributed by atoms with Crippen molar-refractivity contribution in [1.29, 1.82) is 0 Å². The van der Waals surface area contributed by atoms with Crippen LogP contribution in [0.25, 0.3) is 6.08 Å². The lowest BCUT2D eigenvalue weighted by Gasteiger charge is -2.52. The maximum Gasteiger partial charge on any atom is 0.309 e. The highest BCUT2D eigenvalue weighted by molar-refractivity contribution is 14.1. The van der Waals surface area contributed by atoms with Crippen molar-refractivity contribution in [2.24, 2.45) is 11.8 Å². The molecule has 1 saturated carbocycles. The molecule has 2 aliphatic rings. The van der Waals surface area contributed by atoms with Gasteiger partial charge in [-0.15, -0.1) is 0 Å². The lowest BCUT2D eigenvalue weighted by Crippen LogP contribution is -2.68.